The monoisotopic (exact) mass is 184 g/mol. The van der Waals surface area contributed by atoms with E-state index in [0.717, 1.165) is 25.6 Å². The van der Waals surface area contributed by atoms with Crippen LogP contribution >= 0.6 is 0 Å². The van der Waals surface area contributed by atoms with Gasteiger partial charge in [-0.25, -0.2) is 0 Å². The number of hydrogen-bond acceptors (Lipinski definition) is 3. The van der Waals surface area contributed by atoms with Gasteiger partial charge in [-0.1, -0.05) is 13.8 Å². The molecule has 0 spiro atoms. The van der Waals surface area contributed by atoms with E-state index in [1.165, 1.54) is 12.8 Å². The van der Waals surface area contributed by atoms with E-state index in [-0.39, 0.29) is 6.35 Å². The van der Waals surface area contributed by atoms with E-state index in [2.05, 4.69) is 23.6 Å². The normalized spacial score (nSPS) is 42.2. The average molecular weight is 184 g/mol. The van der Waals surface area contributed by atoms with Gasteiger partial charge in [-0.15, -0.1) is 0 Å². The molecule has 3 unspecified atom stereocenters. The van der Waals surface area contributed by atoms with E-state index in [1.807, 2.05) is 0 Å². The van der Waals surface area contributed by atoms with Crippen LogP contribution in [0.2, 0.25) is 0 Å². The molecule has 76 valence electrons. The van der Waals surface area contributed by atoms with Gasteiger partial charge < -0.3 is 5.11 Å². The van der Waals surface area contributed by atoms with Gasteiger partial charge in [0.05, 0.1) is 0 Å². The molecule has 2 aliphatic rings. The lowest BCUT2D eigenvalue weighted by Gasteiger charge is -2.34. The number of nitrogens with zero attached hydrogens (tertiary/aromatic N) is 2. The van der Waals surface area contributed by atoms with Crippen molar-refractivity contribution >= 4 is 0 Å². The highest BCUT2D eigenvalue weighted by molar-refractivity contribution is 4.89. The maximum Gasteiger partial charge on any atom is 0.165 e. The Morgan fingerprint density at radius 2 is 2.23 bits per heavy atom. The molecule has 0 aromatic heterocycles. The molecule has 0 aromatic carbocycles. The van der Waals surface area contributed by atoms with Gasteiger partial charge in [-0.3, -0.25) is 9.80 Å². The van der Waals surface area contributed by atoms with Crippen LogP contribution in [0.1, 0.15) is 26.7 Å². The van der Waals surface area contributed by atoms with E-state index >= 15 is 0 Å². The van der Waals surface area contributed by atoms with Crippen molar-refractivity contribution in [3.05, 3.63) is 0 Å². The minimum atomic E-state index is -0.303. The van der Waals surface area contributed by atoms with Gasteiger partial charge in [-0.05, 0) is 25.3 Å². The highest BCUT2D eigenvalue weighted by Crippen LogP contribution is 2.29. The zero-order chi connectivity index (χ0) is 9.42. The van der Waals surface area contributed by atoms with Gasteiger partial charge in [0.1, 0.15) is 0 Å². The molecule has 3 nitrogen and oxygen atoms in total. The lowest BCUT2D eigenvalue weighted by molar-refractivity contribution is -0.0724. The predicted octanol–water partition coefficient (Wildman–Crippen LogP) is 0.698. The molecule has 0 aliphatic carbocycles. The second-order valence-electron chi connectivity index (χ2n) is 4.46. The molecule has 1 N–H and O–H groups in total. The molecule has 0 saturated carbocycles. The van der Waals surface area contributed by atoms with Crippen LogP contribution in [0.15, 0.2) is 0 Å². The first kappa shape index (κ1) is 9.44. The smallest absolute Gasteiger partial charge is 0.165 e. The summed E-state index contributed by atoms with van der Waals surface area (Å²) >= 11 is 0. The first-order valence-electron chi connectivity index (χ1n) is 5.40. The molecule has 3 atom stereocenters. The van der Waals surface area contributed by atoms with Crippen molar-refractivity contribution in [1.29, 1.82) is 0 Å². The highest BCUT2D eigenvalue weighted by atomic mass is 16.3. The SMILES string of the molecule is CCN1CC2CC(C)CCN2C1O. The fraction of sp³-hybridized carbons (Fsp3) is 1.00. The molecule has 13 heavy (non-hydrogen) atoms. The molecule has 0 radical (unpaired) electrons. The Hall–Kier alpha value is -0.120. The third-order valence-electron chi connectivity index (χ3n) is 3.50. The van der Waals surface area contributed by atoms with Crippen molar-refractivity contribution in [1.82, 2.24) is 9.80 Å². The van der Waals surface area contributed by atoms with Crippen molar-refractivity contribution in [2.45, 2.75) is 39.1 Å². The lowest BCUT2D eigenvalue weighted by Crippen LogP contribution is -2.44. The summed E-state index contributed by atoms with van der Waals surface area (Å²) in [7, 11) is 0. The van der Waals surface area contributed by atoms with E-state index in [4.69, 9.17) is 0 Å². The Bertz CT molecular complexity index is 186. The van der Waals surface area contributed by atoms with Gasteiger partial charge in [0.25, 0.3) is 0 Å². The standard InChI is InChI=1S/C10H20N2O/c1-3-11-7-9-6-8(2)4-5-12(9)10(11)13/h8-10,13H,3-7H2,1-2H3. The zero-order valence-corrected chi connectivity index (χ0v) is 8.61. The van der Waals surface area contributed by atoms with Crippen LogP contribution in [-0.2, 0) is 0 Å². The van der Waals surface area contributed by atoms with E-state index in [1.54, 1.807) is 0 Å². The minimum Gasteiger partial charge on any atom is -0.365 e. The number of piperidine rings is 1. The summed E-state index contributed by atoms with van der Waals surface area (Å²) < 4.78 is 0. The molecule has 2 fully saturated rings. The summed E-state index contributed by atoms with van der Waals surface area (Å²) in [6, 6.07) is 0.610. The summed E-state index contributed by atoms with van der Waals surface area (Å²) in [6.07, 6.45) is 2.20. The first-order chi connectivity index (χ1) is 6.22. The zero-order valence-electron chi connectivity index (χ0n) is 8.61. The van der Waals surface area contributed by atoms with Gasteiger partial charge in [0.15, 0.2) is 6.35 Å². The molecule has 2 heterocycles. The number of hydrogen-bond donors (Lipinski definition) is 1. The minimum absolute atomic E-state index is 0.303. The maximum atomic E-state index is 9.92. The number of aliphatic hydroxyl groups is 1. The summed E-state index contributed by atoms with van der Waals surface area (Å²) in [6.45, 7) is 7.53. The van der Waals surface area contributed by atoms with Gasteiger partial charge in [0.2, 0.25) is 0 Å². The van der Waals surface area contributed by atoms with Gasteiger partial charge in [0, 0.05) is 19.1 Å². The number of fused-ring (bicyclic) bond motifs is 1. The Labute approximate surface area is 80.3 Å². The largest absolute Gasteiger partial charge is 0.365 e. The topological polar surface area (TPSA) is 26.7 Å². The van der Waals surface area contributed by atoms with Gasteiger partial charge >= 0.3 is 0 Å². The summed E-state index contributed by atoms with van der Waals surface area (Å²) in [5.41, 5.74) is 0. The Morgan fingerprint density at radius 1 is 1.46 bits per heavy atom. The third kappa shape index (κ3) is 1.60. The molecule has 0 aromatic rings. The highest BCUT2D eigenvalue weighted by Gasteiger charge is 2.39. The Morgan fingerprint density at radius 3 is 2.92 bits per heavy atom. The third-order valence-corrected chi connectivity index (χ3v) is 3.50. The van der Waals surface area contributed by atoms with Crippen molar-refractivity contribution in [2.24, 2.45) is 5.92 Å². The van der Waals surface area contributed by atoms with Gasteiger partial charge in [-0.2, -0.15) is 0 Å². The molecule has 2 saturated heterocycles. The Kier molecular flexibility index (Phi) is 2.58. The number of aliphatic hydroxyl groups excluding tert-OH is 1. The van der Waals surface area contributed by atoms with E-state index in [0.29, 0.717) is 6.04 Å². The summed E-state index contributed by atoms with van der Waals surface area (Å²) in [5.74, 6) is 0.838. The van der Waals surface area contributed by atoms with E-state index in [9.17, 15) is 5.11 Å². The van der Waals surface area contributed by atoms with Crippen LogP contribution in [0.25, 0.3) is 0 Å². The van der Waals surface area contributed by atoms with Crippen molar-refractivity contribution < 1.29 is 5.11 Å². The van der Waals surface area contributed by atoms with Crippen LogP contribution in [0.3, 0.4) is 0 Å². The molecular formula is C10H20N2O. The molecule has 0 bridgehead atoms. The first-order valence-corrected chi connectivity index (χ1v) is 5.40. The molecule has 3 heteroatoms. The van der Waals surface area contributed by atoms with Crippen LogP contribution in [0.4, 0.5) is 0 Å². The van der Waals surface area contributed by atoms with Crippen LogP contribution < -0.4 is 0 Å². The predicted molar refractivity (Wildman–Crippen MR) is 52.1 cm³/mol. The summed E-state index contributed by atoms with van der Waals surface area (Å²) in [4.78, 5) is 4.41. The molecule has 2 rings (SSSR count). The molecule has 0 amide bonds. The summed E-state index contributed by atoms with van der Waals surface area (Å²) in [5, 5.41) is 9.92. The van der Waals surface area contributed by atoms with Crippen molar-refractivity contribution in [2.75, 3.05) is 19.6 Å². The molecular weight excluding hydrogens is 164 g/mol. The van der Waals surface area contributed by atoms with Crippen LogP contribution in [0, 0.1) is 5.92 Å². The quantitative estimate of drug-likeness (QED) is 0.650. The number of likely N-dealkylation sites (N-methyl/N-ethyl adjacent to an activating group) is 1. The second-order valence-corrected chi connectivity index (χ2v) is 4.46. The van der Waals surface area contributed by atoms with Crippen molar-refractivity contribution in [3.63, 3.8) is 0 Å². The second kappa shape index (κ2) is 3.56. The van der Waals surface area contributed by atoms with Crippen molar-refractivity contribution in [3.8, 4) is 0 Å². The fourth-order valence-corrected chi connectivity index (χ4v) is 2.62. The lowest BCUT2D eigenvalue weighted by atomic mass is 9.94. The van der Waals surface area contributed by atoms with Crippen LogP contribution in [-0.4, -0.2) is 46.9 Å². The average Bonchev–Trinajstić information content (AvgIpc) is 2.42. The fourth-order valence-electron chi connectivity index (χ4n) is 2.62. The Balaban J connectivity index is 2.02. The van der Waals surface area contributed by atoms with E-state index < -0.39 is 0 Å². The molecule has 2 aliphatic heterocycles. The van der Waals surface area contributed by atoms with Crippen LogP contribution in [0.5, 0.6) is 0 Å². The maximum absolute atomic E-state index is 9.92. The number of rotatable bonds is 1.